The van der Waals surface area contributed by atoms with Gasteiger partial charge in [-0.05, 0) is 18.9 Å². The van der Waals surface area contributed by atoms with Gasteiger partial charge < -0.3 is 4.79 Å². The van der Waals surface area contributed by atoms with Crippen molar-refractivity contribution in [2.45, 2.75) is 31.5 Å². The van der Waals surface area contributed by atoms with Crippen molar-refractivity contribution in [2.75, 3.05) is 0 Å². The Balaban J connectivity index is 1.89. The molecule has 2 nitrogen and oxygen atoms in total. The van der Waals surface area contributed by atoms with Gasteiger partial charge in [-0.1, -0.05) is 42.5 Å². The van der Waals surface area contributed by atoms with E-state index in [0.29, 0.717) is 18.0 Å². The van der Waals surface area contributed by atoms with E-state index in [9.17, 15) is 4.79 Å². The number of hydrogen-bond donors (Lipinski definition) is 0. The molecular weight excluding hydrogens is 210 g/mol. The van der Waals surface area contributed by atoms with Crippen molar-refractivity contribution in [1.82, 2.24) is 4.90 Å². The number of nitrogens with zero attached hydrogens (tertiary/aromatic N) is 1. The lowest BCUT2D eigenvalue weighted by Gasteiger charge is -2.34. The largest absolute Gasteiger partial charge is 0.302 e. The molecule has 0 N–H and O–H groups in total. The van der Waals surface area contributed by atoms with Crippen molar-refractivity contribution in [3.05, 3.63) is 48.0 Å². The van der Waals surface area contributed by atoms with Crippen LogP contribution in [0.2, 0.25) is 0 Å². The molecule has 1 aromatic rings. The van der Waals surface area contributed by atoms with Gasteiger partial charge in [0, 0.05) is 18.0 Å². The number of likely N-dealkylation sites (tertiary alicyclic amines) is 1. The van der Waals surface area contributed by atoms with E-state index in [1.54, 1.807) is 0 Å². The molecule has 88 valence electrons. The fourth-order valence-electron chi connectivity index (χ4n) is 3.24. The summed E-state index contributed by atoms with van der Waals surface area (Å²) < 4.78 is 0. The quantitative estimate of drug-likeness (QED) is 0.584. The molecule has 3 rings (SSSR count). The van der Waals surface area contributed by atoms with E-state index in [2.05, 4.69) is 48.2 Å². The van der Waals surface area contributed by atoms with E-state index in [-0.39, 0.29) is 6.04 Å². The molecule has 0 spiro atoms. The molecule has 1 aliphatic carbocycles. The van der Waals surface area contributed by atoms with Gasteiger partial charge in [-0.3, -0.25) is 4.90 Å². The first-order valence-electron chi connectivity index (χ1n) is 6.27. The van der Waals surface area contributed by atoms with Crippen LogP contribution in [0.3, 0.4) is 0 Å². The summed E-state index contributed by atoms with van der Waals surface area (Å²) in [5, 5.41) is 0. The van der Waals surface area contributed by atoms with Crippen molar-refractivity contribution >= 4 is 6.29 Å². The number of hydrogen-bond acceptors (Lipinski definition) is 2. The first-order valence-corrected chi connectivity index (χ1v) is 6.27. The molecule has 0 amide bonds. The Morgan fingerprint density at radius 2 is 2.06 bits per heavy atom. The zero-order valence-electron chi connectivity index (χ0n) is 9.99. The molecule has 2 bridgehead atoms. The third kappa shape index (κ3) is 1.64. The molecule has 1 aliphatic heterocycles. The highest BCUT2D eigenvalue weighted by atomic mass is 16.1. The van der Waals surface area contributed by atoms with E-state index < -0.39 is 0 Å². The number of rotatable bonds is 3. The predicted molar refractivity (Wildman–Crippen MR) is 67.6 cm³/mol. The van der Waals surface area contributed by atoms with E-state index in [1.807, 2.05) is 6.07 Å². The lowest BCUT2D eigenvalue weighted by Crippen LogP contribution is -2.41. The van der Waals surface area contributed by atoms with Gasteiger partial charge in [0.1, 0.15) is 6.29 Å². The van der Waals surface area contributed by atoms with E-state index >= 15 is 0 Å². The molecule has 1 aromatic carbocycles. The Morgan fingerprint density at radius 1 is 1.29 bits per heavy atom. The van der Waals surface area contributed by atoms with Gasteiger partial charge >= 0.3 is 0 Å². The fourth-order valence-corrected chi connectivity index (χ4v) is 3.24. The molecule has 1 heterocycles. The Kier molecular flexibility index (Phi) is 2.60. The van der Waals surface area contributed by atoms with Gasteiger partial charge in [0.15, 0.2) is 0 Å². The Hall–Kier alpha value is -1.41. The highest BCUT2D eigenvalue weighted by Gasteiger charge is 2.44. The molecule has 1 saturated heterocycles. The molecule has 0 unspecified atom stereocenters. The van der Waals surface area contributed by atoms with Gasteiger partial charge in [0.05, 0.1) is 6.04 Å². The van der Waals surface area contributed by atoms with Crippen molar-refractivity contribution in [3.63, 3.8) is 0 Å². The van der Waals surface area contributed by atoms with E-state index in [4.69, 9.17) is 0 Å². The third-order valence-electron chi connectivity index (χ3n) is 4.13. The highest BCUT2D eigenvalue weighted by molar-refractivity contribution is 5.61. The molecule has 0 aromatic heterocycles. The zero-order valence-corrected chi connectivity index (χ0v) is 9.99. The zero-order chi connectivity index (χ0) is 11.8. The summed E-state index contributed by atoms with van der Waals surface area (Å²) >= 11 is 0. The highest BCUT2D eigenvalue weighted by Crippen LogP contribution is 2.41. The lowest BCUT2D eigenvalue weighted by molar-refractivity contribution is -0.113. The van der Waals surface area contributed by atoms with Crippen LogP contribution in [0, 0.1) is 5.92 Å². The van der Waals surface area contributed by atoms with Crippen molar-refractivity contribution in [3.8, 4) is 0 Å². The van der Waals surface area contributed by atoms with Gasteiger partial charge in [-0.2, -0.15) is 0 Å². The number of benzene rings is 1. The maximum absolute atomic E-state index is 11.3. The maximum atomic E-state index is 11.3. The minimum atomic E-state index is 0.0696. The first kappa shape index (κ1) is 10.7. The summed E-state index contributed by atoms with van der Waals surface area (Å²) in [4.78, 5) is 13.6. The summed E-state index contributed by atoms with van der Waals surface area (Å²) in [5.41, 5.74) is 1.29. The second-order valence-corrected chi connectivity index (χ2v) is 5.01. The van der Waals surface area contributed by atoms with Gasteiger partial charge in [0.25, 0.3) is 0 Å². The normalized spacial score (nSPS) is 32.9. The molecule has 0 radical (unpaired) electrons. The van der Waals surface area contributed by atoms with E-state index in [0.717, 1.165) is 12.7 Å². The Morgan fingerprint density at radius 3 is 2.76 bits per heavy atom. The first-order chi connectivity index (χ1) is 8.31. The Bertz CT molecular complexity index is 439. The third-order valence-corrected chi connectivity index (χ3v) is 4.13. The van der Waals surface area contributed by atoms with Crippen molar-refractivity contribution < 1.29 is 4.79 Å². The Labute approximate surface area is 102 Å². The van der Waals surface area contributed by atoms with Crippen LogP contribution < -0.4 is 0 Å². The van der Waals surface area contributed by atoms with Crippen LogP contribution in [-0.4, -0.2) is 23.3 Å². The second-order valence-electron chi connectivity index (χ2n) is 5.01. The fraction of sp³-hybridized carbons (Fsp3) is 0.400. The summed E-state index contributed by atoms with van der Waals surface area (Å²) in [6.07, 6.45) is 6.69. The minimum absolute atomic E-state index is 0.0696. The predicted octanol–water partition coefficient (Wildman–Crippen LogP) is 2.58. The van der Waals surface area contributed by atoms with Crippen LogP contribution >= 0.6 is 0 Å². The smallest absolute Gasteiger partial charge is 0.137 e. The second kappa shape index (κ2) is 4.11. The SMILES string of the molecule is C[C@@H](c1ccccc1)N1[C@@H]2C=C[C@@H](C2)[C@H]1C=O. The standard InChI is InChI=1S/C15H17NO/c1-11(12-5-3-2-4-6-12)16-14-8-7-13(9-14)15(16)10-17/h2-8,10-11,13-15H,9H2,1H3/t11-,13-,14+,15+/m0/s1. The monoisotopic (exact) mass is 227 g/mol. The average molecular weight is 227 g/mol. The summed E-state index contributed by atoms with van der Waals surface area (Å²) in [6, 6.07) is 11.3. The van der Waals surface area contributed by atoms with Crippen LogP contribution in [0.1, 0.15) is 24.9 Å². The number of aldehydes is 1. The van der Waals surface area contributed by atoms with Crippen LogP contribution in [0.4, 0.5) is 0 Å². The number of carbonyl (C=O) groups is 1. The van der Waals surface area contributed by atoms with Crippen LogP contribution in [0.15, 0.2) is 42.5 Å². The topological polar surface area (TPSA) is 20.3 Å². The van der Waals surface area contributed by atoms with Crippen LogP contribution in [0.25, 0.3) is 0 Å². The molecule has 17 heavy (non-hydrogen) atoms. The summed E-state index contributed by atoms with van der Waals surface area (Å²) in [7, 11) is 0. The van der Waals surface area contributed by atoms with E-state index in [1.165, 1.54) is 5.56 Å². The van der Waals surface area contributed by atoms with Gasteiger partial charge in [0.2, 0.25) is 0 Å². The molecular formula is C15H17NO. The van der Waals surface area contributed by atoms with Gasteiger partial charge in [-0.15, -0.1) is 0 Å². The van der Waals surface area contributed by atoms with Gasteiger partial charge in [-0.25, -0.2) is 0 Å². The van der Waals surface area contributed by atoms with Crippen molar-refractivity contribution in [1.29, 1.82) is 0 Å². The number of carbonyl (C=O) groups excluding carboxylic acids is 1. The van der Waals surface area contributed by atoms with Crippen LogP contribution in [0.5, 0.6) is 0 Å². The molecule has 1 fully saturated rings. The lowest BCUT2D eigenvalue weighted by atomic mass is 10.0. The maximum Gasteiger partial charge on any atom is 0.137 e. The van der Waals surface area contributed by atoms with Crippen LogP contribution in [-0.2, 0) is 4.79 Å². The molecule has 0 saturated carbocycles. The minimum Gasteiger partial charge on any atom is -0.302 e. The van der Waals surface area contributed by atoms with Crippen molar-refractivity contribution in [2.24, 2.45) is 5.92 Å². The molecule has 2 aliphatic rings. The molecule has 4 atom stereocenters. The molecule has 2 heteroatoms. The summed E-state index contributed by atoms with van der Waals surface area (Å²) in [5.74, 6) is 0.434. The average Bonchev–Trinajstić information content (AvgIpc) is 2.98. The number of fused-ring (bicyclic) bond motifs is 2. The summed E-state index contributed by atoms with van der Waals surface area (Å²) in [6.45, 7) is 2.19.